The van der Waals surface area contributed by atoms with Crippen molar-refractivity contribution in [2.45, 2.75) is 33.6 Å². The number of oxazole rings is 1. The van der Waals surface area contributed by atoms with Crippen molar-refractivity contribution < 1.29 is 29.0 Å². The molecule has 0 amide bonds. The van der Waals surface area contributed by atoms with Crippen LogP contribution in [-0.2, 0) is 16.0 Å². The number of carbonyl (C=O) groups is 2. The summed E-state index contributed by atoms with van der Waals surface area (Å²) in [6.45, 7) is 8.93. The van der Waals surface area contributed by atoms with Crippen LogP contribution >= 0.6 is 0 Å². The molecular weight excluding hydrogens is 352 g/mol. The fourth-order valence-electron chi connectivity index (χ4n) is 2.43. The van der Waals surface area contributed by atoms with E-state index in [4.69, 9.17) is 19.4 Å². The molecule has 1 aliphatic rings. The first-order valence-corrected chi connectivity index (χ1v) is 8.87. The molecular formula is C19H28N2O6. The standard InChI is InChI=1S/C15H24N2O2.C4H4O4/c1-5-18-15-13(9-11(2)3)16-14(19-15)12-7-6-8-17(4)10-12;5-3(6)1-2-4(7)8/h7,11H,5-6,8-10H2,1-4H3;1-2H,(H,5,6)(H,7,8). The molecule has 1 aromatic heterocycles. The molecule has 0 bridgehead atoms. The molecule has 2 rings (SSSR count). The maximum atomic E-state index is 9.55. The lowest BCUT2D eigenvalue weighted by molar-refractivity contribution is -0.134. The van der Waals surface area contributed by atoms with E-state index in [0.29, 0.717) is 30.6 Å². The number of hydrogen-bond acceptors (Lipinski definition) is 6. The molecule has 0 unspecified atom stereocenters. The lowest BCUT2D eigenvalue weighted by atomic mass is 10.1. The summed E-state index contributed by atoms with van der Waals surface area (Å²) in [5.74, 6) is -0.647. The van der Waals surface area contributed by atoms with Crippen LogP contribution in [0.15, 0.2) is 22.6 Å². The molecule has 2 N–H and O–H groups in total. The summed E-state index contributed by atoms with van der Waals surface area (Å²) < 4.78 is 11.4. The van der Waals surface area contributed by atoms with Crippen molar-refractivity contribution in [3.63, 3.8) is 0 Å². The van der Waals surface area contributed by atoms with Crippen LogP contribution in [0.25, 0.3) is 5.57 Å². The zero-order valence-corrected chi connectivity index (χ0v) is 16.3. The Labute approximate surface area is 159 Å². The van der Waals surface area contributed by atoms with E-state index in [2.05, 4.69) is 36.9 Å². The molecule has 2 heterocycles. The number of rotatable bonds is 7. The average molecular weight is 380 g/mol. The molecule has 0 saturated heterocycles. The molecule has 0 aliphatic carbocycles. The third-order valence-electron chi connectivity index (χ3n) is 3.52. The van der Waals surface area contributed by atoms with E-state index in [-0.39, 0.29) is 0 Å². The molecule has 0 aromatic carbocycles. The van der Waals surface area contributed by atoms with Gasteiger partial charge in [0.1, 0.15) is 5.69 Å². The quantitative estimate of drug-likeness (QED) is 0.694. The number of ether oxygens (including phenoxy) is 1. The van der Waals surface area contributed by atoms with Crippen molar-refractivity contribution in [1.29, 1.82) is 0 Å². The van der Waals surface area contributed by atoms with Crippen molar-refractivity contribution in [2.75, 3.05) is 26.7 Å². The fourth-order valence-corrected chi connectivity index (χ4v) is 2.43. The first-order valence-electron chi connectivity index (χ1n) is 8.87. The first kappa shape index (κ1) is 22.4. The highest BCUT2D eigenvalue weighted by molar-refractivity contribution is 5.89. The number of likely N-dealkylation sites (N-methyl/N-ethyl adjacent to an activating group) is 1. The Morgan fingerprint density at radius 3 is 2.44 bits per heavy atom. The van der Waals surface area contributed by atoms with Gasteiger partial charge in [-0.1, -0.05) is 19.9 Å². The molecule has 8 heteroatoms. The van der Waals surface area contributed by atoms with Crippen molar-refractivity contribution >= 4 is 17.5 Å². The van der Waals surface area contributed by atoms with Crippen LogP contribution in [0.4, 0.5) is 0 Å². The molecule has 1 aliphatic heterocycles. The predicted molar refractivity (Wildman–Crippen MR) is 101 cm³/mol. The van der Waals surface area contributed by atoms with Gasteiger partial charge >= 0.3 is 17.9 Å². The highest BCUT2D eigenvalue weighted by atomic mass is 16.6. The molecule has 0 saturated carbocycles. The van der Waals surface area contributed by atoms with Crippen LogP contribution in [0.3, 0.4) is 0 Å². The number of aromatic nitrogens is 1. The van der Waals surface area contributed by atoms with Crippen LogP contribution in [0.5, 0.6) is 5.95 Å². The highest BCUT2D eigenvalue weighted by Crippen LogP contribution is 2.28. The molecule has 150 valence electrons. The Morgan fingerprint density at radius 2 is 1.96 bits per heavy atom. The normalized spacial score (nSPS) is 14.6. The van der Waals surface area contributed by atoms with E-state index in [0.717, 1.165) is 37.5 Å². The largest absolute Gasteiger partial charge is 0.478 e. The molecule has 1 aromatic rings. The van der Waals surface area contributed by atoms with Crippen molar-refractivity contribution in [2.24, 2.45) is 5.92 Å². The van der Waals surface area contributed by atoms with E-state index in [1.54, 1.807) is 0 Å². The molecule has 8 nitrogen and oxygen atoms in total. The summed E-state index contributed by atoms with van der Waals surface area (Å²) in [5.41, 5.74) is 2.12. The molecule has 27 heavy (non-hydrogen) atoms. The van der Waals surface area contributed by atoms with E-state index < -0.39 is 11.9 Å². The Morgan fingerprint density at radius 1 is 1.33 bits per heavy atom. The summed E-state index contributed by atoms with van der Waals surface area (Å²) in [6, 6.07) is 0. The third kappa shape index (κ3) is 8.54. The summed E-state index contributed by atoms with van der Waals surface area (Å²) in [6.07, 6.45) is 5.28. The molecule has 0 fully saturated rings. The topological polar surface area (TPSA) is 113 Å². The van der Waals surface area contributed by atoms with Crippen molar-refractivity contribution in [3.05, 3.63) is 29.8 Å². The van der Waals surface area contributed by atoms with Gasteiger partial charge in [0.25, 0.3) is 0 Å². The van der Waals surface area contributed by atoms with Crippen LogP contribution in [0, 0.1) is 5.92 Å². The van der Waals surface area contributed by atoms with Gasteiger partial charge in [-0.15, -0.1) is 0 Å². The van der Waals surface area contributed by atoms with E-state index in [9.17, 15) is 9.59 Å². The number of carboxylic acid groups (broad SMARTS) is 2. The monoisotopic (exact) mass is 380 g/mol. The number of nitrogens with zero attached hydrogens (tertiary/aromatic N) is 2. The zero-order chi connectivity index (χ0) is 20.4. The van der Waals surface area contributed by atoms with E-state index >= 15 is 0 Å². The van der Waals surface area contributed by atoms with Gasteiger partial charge in [-0.05, 0) is 32.7 Å². The second kappa shape index (κ2) is 11.2. The number of aliphatic carboxylic acids is 2. The maximum absolute atomic E-state index is 9.55. The van der Waals surface area contributed by atoms with Gasteiger partial charge in [-0.2, -0.15) is 0 Å². The number of carboxylic acids is 2. The molecule has 0 radical (unpaired) electrons. The lowest BCUT2D eigenvalue weighted by Crippen LogP contribution is -2.25. The Bertz CT molecular complexity index is 674. The molecule has 0 atom stereocenters. The summed E-state index contributed by atoms with van der Waals surface area (Å²) >= 11 is 0. The third-order valence-corrected chi connectivity index (χ3v) is 3.52. The van der Waals surface area contributed by atoms with Gasteiger partial charge in [0.2, 0.25) is 5.89 Å². The fraction of sp³-hybridized carbons (Fsp3) is 0.526. The Balaban J connectivity index is 0.000000387. The summed E-state index contributed by atoms with van der Waals surface area (Å²) in [4.78, 5) is 26.0. The number of hydrogen-bond donors (Lipinski definition) is 2. The minimum Gasteiger partial charge on any atom is -0.478 e. The van der Waals surface area contributed by atoms with Gasteiger partial charge in [-0.25, -0.2) is 14.6 Å². The van der Waals surface area contributed by atoms with Gasteiger partial charge in [0, 0.05) is 30.8 Å². The molecule has 0 spiro atoms. The Hall–Kier alpha value is -2.61. The SMILES string of the molecule is CCOc1oc(C2=CCCN(C)C2)nc1CC(C)C.O=C(O)C=CC(=O)O. The van der Waals surface area contributed by atoms with Gasteiger partial charge < -0.3 is 24.3 Å². The predicted octanol–water partition coefficient (Wildman–Crippen LogP) is 2.70. The van der Waals surface area contributed by atoms with E-state index in [1.165, 1.54) is 5.57 Å². The zero-order valence-electron chi connectivity index (χ0n) is 16.3. The van der Waals surface area contributed by atoms with Crippen LogP contribution < -0.4 is 4.74 Å². The van der Waals surface area contributed by atoms with Gasteiger partial charge in [-0.3, -0.25) is 0 Å². The Kier molecular flexibility index (Phi) is 9.29. The van der Waals surface area contributed by atoms with E-state index in [1.807, 2.05) is 6.92 Å². The van der Waals surface area contributed by atoms with Crippen LogP contribution in [-0.4, -0.2) is 58.8 Å². The smallest absolute Gasteiger partial charge is 0.328 e. The minimum atomic E-state index is -1.26. The van der Waals surface area contributed by atoms with Crippen molar-refractivity contribution in [1.82, 2.24) is 9.88 Å². The highest BCUT2D eigenvalue weighted by Gasteiger charge is 2.20. The lowest BCUT2D eigenvalue weighted by Gasteiger charge is -2.20. The van der Waals surface area contributed by atoms with Crippen molar-refractivity contribution in [3.8, 4) is 5.95 Å². The summed E-state index contributed by atoms with van der Waals surface area (Å²) in [7, 11) is 2.12. The second-order valence-corrected chi connectivity index (χ2v) is 6.55. The van der Waals surface area contributed by atoms with Crippen LogP contribution in [0.2, 0.25) is 0 Å². The second-order valence-electron chi connectivity index (χ2n) is 6.55. The summed E-state index contributed by atoms with van der Waals surface area (Å²) in [5, 5.41) is 15.6. The minimum absolute atomic E-state index is 0.542. The van der Waals surface area contributed by atoms with Crippen LogP contribution in [0.1, 0.15) is 38.8 Å². The maximum Gasteiger partial charge on any atom is 0.328 e. The van der Waals surface area contributed by atoms with Gasteiger partial charge in [0.15, 0.2) is 0 Å². The first-order chi connectivity index (χ1) is 12.7. The van der Waals surface area contributed by atoms with Gasteiger partial charge in [0.05, 0.1) is 6.61 Å². The average Bonchev–Trinajstić information content (AvgIpc) is 2.96.